The van der Waals surface area contributed by atoms with E-state index in [0.717, 1.165) is 25.3 Å². The molecule has 1 aromatic carbocycles. The molecule has 0 aliphatic heterocycles. The van der Waals surface area contributed by atoms with Gasteiger partial charge in [0.25, 0.3) is 0 Å². The molecule has 0 fully saturated rings. The Morgan fingerprint density at radius 3 is 2.63 bits per heavy atom. The number of halogens is 3. The summed E-state index contributed by atoms with van der Waals surface area (Å²) in [6.45, 7) is 0. The highest BCUT2D eigenvalue weighted by Gasteiger charge is 2.31. The lowest BCUT2D eigenvalue weighted by Gasteiger charge is -2.05. The Hall–Kier alpha value is -2.02. The number of benzene rings is 1. The van der Waals surface area contributed by atoms with Gasteiger partial charge in [-0.2, -0.15) is 13.2 Å². The minimum atomic E-state index is -4.47. The molecule has 1 heterocycles. The fourth-order valence-corrected chi connectivity index (χ4v) is 1.60. The van der Waals surface area contributed by atoms with Crippen LogP contribution in [0.5, 0.6) is 0 Å². The van der Waals surface area contributed by atoms with Crippen LogP contribution in [-0.4, -0.2) is 18.2 Å². The third kappa shape index (κ3) is 2.55. The molecule has 19 heavy (non-hydrogen) atoms. The maximum Gasteiger partial charge on any atom is 0.416 e. The Morgan fingerprint density at radius 1 is 1.37 bits per heavy atom. The van der Waals surface area contributed by atoms with Crippen molar-refractivity contribution in [3.63, 3.8) is 0 Å². The first-order chi connectivity index (χ1) is 8.82. The minimum Gasteiger partial charge on any atom is -0.467 e. The van der Waals surface area contributed by atoms with Crippen molar-refractivity contribution in [1.29, 1.82) is 0 Å². The fourth-order valence-electron chi connectivity index (χ4n) is 1.60. The number of aliphatic hydroxyl groups excluding tert-OH is 1. The summed E-state index contributed by atoms with van der Waals surface area (Å²) in [5.41, 5.74) is -0.689. The maximum absolute atomic E-state index is 12.5. The predicted molar refractivity (Wildman–Crippen MR) is 58.2 cm³/mol. The number of methoxy groups -OCH3 is 1. The van der Waals surface area contributed by atoms with Gasteiger partial charge in [0.1, 0.15) is 11.3 Å². The average molecular weight is 274 g/mol. The number of rotatable bonds is 2. The lowest BCUT2D eigenvalue weighted by atomic mass is 10.1. The van der Waals surface area contributed by atoms with Crippen molar-refractivity contribution in [2.75, 3.05) is 7.11 Å². The van der Waals surface area contributed by atoms with Crippen LogP contribution < -0.4 is 0 Å². The average Bonchev–Trinajstić information content (AvgIpc) is 2.78. The van der Waals surface area contributed by atoms with Crippen molar-refractivity contribution in [3.05, 3.63) is 35.6 Å². The van der Waals surface area contributed by atoms with Gasteiger partial charge < -0.3 is 14.3 Å². The zero-order chi connectivity index (χ0) is 14.2. The second kappa shape index (κ2) is 4.58. The number of aliphatic hydroxyl groups is 1. The standard InChI is InChI=1S/C12H9F3O4/c1-18-11(17)10(16)9-5-6-4-7(12(13,14)15)2-3-8(6)19-9/h2-5,10,16H,1H3. The third-order valence-corrected chi connectivity index (χ3v) is 2.56. The number of hydrogen-bond acceptors (Lipinski definition) is 4. The summed E-state index contributed by atoms with van der Waals surface area (Å²) < 4.78 is 46.9. The molecule has 2 rings (SSSR count). The van der Waals surface area contributed by atoms with Crippen LogP contribution >= 0.6 is 0 Å². The van der Waals surface area contributed by atoms with Gasteiger partial charge in [-0.1, -0.05) is 0 Å². The number of fused-ring (bicyclic) bond motifs is 1. The summed E-state index contributed by atoms with van der Waals surface area (Å²) in [7, 11) is 1.08. The van der Waals surface area contributed by atoms with Crippen molar-refractivity contribution >= 4 is 16.9 Å². The molecule has 1 unspecified atom stereocenters. The number of carbonyl (C=O) groups is 1. The number of esters is 1. The van der Waals surface area contributed by atoms with Gasteiger partial charge in [0.15, 0.2) is 0 Å². The molecule has 0 aliphatic carbocycles. The molecule has 1 aromatic heterocycles. The SMILES string of the molecule is COC(=O)C(O)c1cc2cc(C(F)(F)F)ccc2o1. The van der Waals surface area contributed by atoms with E-state index in [4.69, 9.17) is 4.42 Å². The highest BCUT2D eigenvalue weighted by Crippen LogP contribution is 2.33. The zero-order valence-corrected chi connectivity index (χ0v) is 9.69. The summed E-state index contributed by atoms with van der Waals surface area (Å²) in [6, 6.07) is 4.05. The van der Waals surface area contributed by atoms with E-state index < -0.39 is 23.8 Å². The summed E-state index contributed by atoms with van der Waals surface area (Å²) in [5, 5.41) is 9.67. The van der Waals surface area contributed by atoms with E-state index in [2.05, 4.69) is 4.74 Å². The summed E-state index contributed by atoms with van der Waals surface area (Å²) >= 11 is 0. The zero-order valence-electron chi connectivity index (χ0n) is 9.69. The van der Waals surface area contributed by atoms with Crippen LogP contribution in [0.4, 0.5) is 13.2 Å². The molecule has 0 saturated heterocycles. The number of hydrogen-bond donors (Lipinski definition) is 1. The second-order valence-electron chi connectivity index (χ2n) is 3.82. The van der Waals surface area contributed by atoms with E-state index in [1.807, 2.05) is 0 Å². The van der Waals surface area contributed by atoms with E-state index in [0.29, 0.717) is 0 Å². The molecule has 0 spiro atoms. The van der Waals surface area contributed by atoms with Gasteiger partial charge in [0.2, 0.25) is 6.10 Å². The first-order valence-corrected chi connectivity index (χ1v) is 5.19. The number of alkyl halides is 3. The highest BCUT2D eigenvalue weighted by atomic mass is 19.4. The molecule has 0 radical (unpaired) electrons. The molecule has 2 aromatic rings. The molecule has 102 valence electrons. The Labute approximate surface area is 105 Å². The maximum atomic E-state index is 12.5. The van der Waals surface area contributed by atoms with Gasteiger partial charge in [-0.3, -0.25) is 0 Å². The van der Waals surface area contributed by atoms with Crippen molar-refractivity contribution < 1.29 is 32.2 Å². The van der Waals surface area contributed by atoms with Crippen LogP contribution in [0.3, 0.4) is 0 Å². The van der Waals surface area contributed by atoms with Gasteiger partial charge >= 0.3 is 12.1 Å². The summed E-state index contributed by atoms with van der Waals surface area (Å²) in [4.78, 5) is 11.1. The number of furan rings is 1. The van der Waals surface area contributed by atoms with Gasteiger partial charge in [0, 0.05) is 5.39 Å². The summed E-state index contributed by atoms with van der Waals surface area (Å²) in [5.74, 6) is -1.11. The molecule has 1 atom stereocenters. The van der Waals surface area contributed by atoms with Crippen LogP contribution in [0.2, 0.25) is 0 Å². The van der Waals surface area contributed by atoms with Gasteiger partial charge in [-0.25, -0.2) is 4.79 Å². The lowest BCUT2D eigenvalue weighted by Crippen LogP contribution is -2.12. The highest BCUT2D eigenvalue weighted by molar-refractivity contribution is 5.82. The number of carbonyl (C=O) groups excluding carboxylic acids is 1. The summed E-state index contributed by atoms with van der Waals surface area (Å²) in [6.07, 6.45) is -6.13. The van der Waals surface area contributed by atoms with Crippen LogP contribution in [0.1, 0.15) is 17.4 Å². The van der Waals surface area contributed by atoms with Gasteiger partial charge in [-0.05, 0) is 24.3 Å². The fraction of sp³-hybridized carbons (Fsp3) is 0.250. The van der Waals surface area contributed by atoms with Gasteiger partial charge in [-0.15, -0.1) is 0 Å². The predicted octanol–water partition coefficient (Wildman–Crippen LogP) is 2.66. The van der Waals surface area contributed by atoms with E-state index in [1.165, 1.54) is 6.07 Å². The molecule has 0 amide bonds. The Morgan fingerprint density at radius 2 is 2.05 bits per heavy atom. The first kappa shape index (κ1) is 13.4. The molecular formula is C12H9F3O4. The molecule has 0 bridgehead atoms. The normalized spacial score (nSPS) is 13.5. The largest absolute Gasteiger partial charge is 0.467 e. The molecule has 7 heteroatoms. The van der Waals surface area contributed by atoms with Gasteiger partial charge in [0.05, 0.1) is 12.7 Å². The Bertz CT molecular complexity index is 615. The quantitative estimate of drug-likeness (QED) is 0.855. The van der Waals surface area contributed by atoms with Crippen molar-refractivity contribution in [3.8, 4) is 0 Å². The van der Waals surface area contributed by atoms with E-state index >= 15 is 0 Å². The lowest BCUT2D eigenvalue weighted by molar-refractivity contribution is -0.151. The van der Waals surface area contributed by atoms with E-state index in [-0.39, 0.29) is 16.7 Å². The van der Waals surface area contributed by atoms with Crippen molar-refractivity contribution in [2.45, 2.75) is 12.3 Å². The Balaban J connectivity index is 2.44. The van der Waals surface area contributed by atoms with Crippen LogP contribution in [0.15, 0.2) is 28.7 Å². The van der Waals surface area contributed by atoms with Crippen LogP contribution in [-0.2, 0) is 15.7 Å². The number of ether oxygens (including phenoxy) is 1. The first-order valence-electron chi connectivity index (χ1n) is 5.19. The molecule has 0 aliphatic rings. The van der Waals surface area contributed by atoms with Crippen LogP contribution in [0, 0.1) is 0 Å². The minimum absolute atomic E-state index is 0.144. The van der Waals surface area contributed by atoms with E-state index in [1.54, 1.807) is 0 Å². The smallest absolute Gasteiger partial charge is 0.416 e. The van der Waals surface area contributed by atoms with Crippen molar-refractivity contribution in [2.24, 2.45) is 0 Å². The Kier molecular flexibility index (Phi) is 3.23. The monoisotopic (exact) mass is 274 g/mol. The topological polar surface area (TPSA) is 59.7 Å². The molecule has 0 saturated carbocycles. The molecular weight excluding hydrogens is 265 g/mol. The molecule has 1 N–H and O–H groups in total. The molecule has 4 nitrogen and oxygen atoms in total. The second-order valence-corrected chi connectivity index (χ2v) is 3.82. The van der Waals surface area contributed by atoms with Crippen molar-refractivity contribution in [1.82, 2.24) is 0 Å². The third-order valence-electron chi connectivity index (χ3n) is 2.56. The van der Waals surface area contributed by atoms with Crippen LogP contribution in [0.25, 0.3) is 11.0 Å². The van der Waals surface area contributed by atoms with E-state index in [9.17, 15) is 23.1 Å².